The van der Waals surface area contributed by atoms with Crippen LogP contribution in [0.4, 0.5) is 0 Å². The second-order valence-electron chi connectivity index (χ2n) is 4.66. The molecular weight excluding hydrogens is 246 g/mol. The smallest absolute Gasteiger partial charge is 0.0931 e. The third-order valence-corrected chi connectivity index (χ3v) is 5.34. The maximum absolute atomic E-state index is 6.02. The molecule has 0 aliphatic carbocycles. The van der Waals surface area contributed by atoms with E-state index in [0.29, 0.717) is 6.54 Å². The second-order valence-corrected chi connectivity index (χ2v) is 6.37. The SMILES string of the molecule is NCC1(C2(c3ccc(Cl)s3)COC2)COC1. The fourth-order valence-corrected chi connectivity index (χ4v) is 3.85. The Balaban J connectivity index is 1.99. The normalized spacial score (nSPS) is 25.9. The lowest BCUT2D eigenvalue weighted by molar-refractivity contribution is -0.222. The summed E-state index contributed by atoms with van der Waals surface area (Å²) in [6.45, 7) is 3.60. The largest absolute Gasteiger partial charge is 0.380 e. The van der Waals surface area contributed by atoms with Crippen molar-refractivity contribution in [1.82, 2.24) is 0 Å². The summed E-state index contributed by atoms with van der Waals surface area (Å²) in [6.07, 6.45) is 0. The van der Waals surface area contributed by atoms with Crippen LogP contribution in [0.1, 0.15) is 4.88 Å². The lowest BCUT2D eigenvalue weighted by Gasteiger charge is -2.58. The van der Waals surface area contributed by atoms with Gasteiger partial charge in [0.2, 0.25) is 0 Å². The summed E-state index contributed by atoms with van der Waals surface area (Å²) in [5.74, 6) is 0. The van der Waals surface area contributed by atoms with Gasteiger partial charge in [0.25, 0.3) is 0 Å². The highest BCUT2D eigenvalue weighted by molar-refractivity contribution is 7.16. The number of nitrogens with two attached hydrogens (primary N) is 1. The minimum Gasteiger partial charge on any atom is -0.380 e. The number of hydrogen-bond acceptors (Lipinski definition) is 4. The Kier molecular flexibility index (Phi) is 2.53. The standard InChI is InChI=1S/C11H14ClNO2S/c12-9-2-1-8(16-9)11(6-15-7-11)10(3-13)4-14-5-10/h1-2H,3-7,13H2. The first-order valence-electron chi connectivity index (χ1n) is 5.34. The zero-order chi connectivity index (χ0) is 11.2. The van der Waals surface area contributed by atoms with Crippen LogP contribution in [-0.4, -0.2) is 33.0 Å². The van der Waals surface area contributed by atoms with Gasteiger partial charge in [-0.15, -0.1) is 11.3 Å². The molecule has 1 aromatic heterocycles. The van der Waals surface area contributed by atoms with Gasteiger partial charge in [0.15, 0.2) is 0 Å². The molecule has 2 saturated heterocycles. The van der Waals surface area contributed by atoms with Crippen molar-refractivity contribution in [3.8, 4) is 0 Å². The molecule has 0 atom stereocenters. The van der Waals surface area contributed by atoms with Crippen LogP contribution in [0.15, 0.2) is 12.1 Å². The Labute approximate surface area is 103 Å². The minimum atomic E-state index is 0.0395. The third-order valence-electron chi connectivity index (χ3n) is 3.90. The number of halogens is 1. The molecule has 0 bridgehead atoms. The van der Waals surface area contributed by atoms with E-state index < -0.39 is 0 Å². The number of rotatable bonds is 3. The van der Waals surface area contributed by atoms with Gasteiger partial charge in [-0.3, -0.25) is 0 Å². The quantitative estimate of drug-likeness (QED) is 0.898. The number of hydrogen-bond donors (Lipinski definition) is 1. The van der Waals surface area contributed by atoms with Gasteiger partial charge in [-0.05, 0) is 12.1 Å². The number of thiophene rings is 1. The summed E-state index contributed by atoms with van der Waals surface area (Å²) >= 11 is 7.65. The van der Waals surface area contributed by atoms with Crippen molar-refractivity contribution in [1.29, 1.82) is 0 Å². The molecule has 3 nitrogen and oxygen atoms in total. The van der Waals surface area contributed by atoms with Gasteiger partial charge in [0, 0.05) is 16.8 Å². The molecule has 0 saturated carbocycles. The average molecular weight is 260 g/mol. The number of ether oxygens (including phenoxy) is 2. The van der Waals surface area contributed by atoms with Gasteiger partial charge >= 0.3 is 0 Å². The first-order valence-corrected chi connectivity index (χ1v) is 6.53. The zero-order valence-corrected chi connectivity index (χ0v) is 10.4. The van der Waals surface area contributed by atoms with E-state index in [1.54, 1.807) is 11.3 Å². The Morgan fingerprint density at radius 1 is 1.25 bits per heavy atom. The van der Waals surface area contributed by atoms with Crippen molar-refractivity contribution >= 4 is 22.9 Å². The van der Waals surface area contributed by atoms with Crippen LogP contribution in [-0.2, 0) is 14.9 Å². The van der Waals surface area contributed by atoms with Crippen molar-refractivity contribution in [3.63, 3.8) is 0 Å². The first-order chi connectivity index (χ1) is 7.72. The molecule has 2 N–H and O–H groups in total. The summed E-state index contributed by atoms with van der Waals surface area (Å²) in [5.41, 5.74) is 6.04. The predicted octanol–water partition coefficient (Wildman–Crippen LogP) is 1.64. The maximum Gasteiger partial charge on any atom is 0.0931 e. The zero-order valence-electron chi connectivity index (χ0n) is 8.87. The second kappa shape index (κ2) is 3.68. The van der Waals surface area contributed by atoms with Crippen LogP contribution in [0.3, 0.4) is 0 Å². The van der Waals surface area contributed by atoms with Gasteiger partial charge in [0.1, 0.15) is 0 Å². The Bertz CT molecular complexity index is 393. The van der Waals surface area contributed by atoms with E-state index in [9.17, 15) is 0 Å². The molecule has 0 radical (unpaired) electrons. The fourth-order valence-electron chi connectivity index (χ4n) is 2.53. The highest BCUT2D eigenvalue weighted by Gasteiger charge is 2.61. The van der Waals surface area contributed by atoms with E-state index >= 15 is 0 Å². The Morgan fingerprint density at radius 3 is 2.25 bits per heavy atom. The topological polar surface area (TPSA) is 44.5 Å². The summed E-state index contributed by atoms with van der Waals surface area (Å²) in [4.78, 5) is 1.29. The van der Waals surface area contributed by atoms with Gasteiger partial charge in [-0.1, -0.05) is 11.6 Å². The summed E-state index contributed by atoms with van der Waals surface area (Å²) in [7, 11) is 0. The molecule has 0 aromatic carbocycles. The Morgan fingerprint density at radius 2 is 1.94 bits per heavy atom. The van der Waals surface area contributed by atoms with Gasteiger partial charge in [-0.2, -0.15) is 0 Å². The maximum atomic E-state index is 6.02. The van der Waals surface area contributed by atoms with E-state index in [2.05, 4.69) is 6.07 Å². The van der Waals surface area contributed by atoms with E-state index in [1.807, 2.05) is 6.07 Å². The molecule has 2 aliphatic heterocycles. The van der Waals surface area contributed by atoms with E-state index in [4.69, 9.17) is 26.8 Å². The molecule has 16 heavy (non-hydrogen) atoms. The molecular formula is C11H14ClNO2S. The van der Waals surface area contributed by atoms with Crippen LogP contribution in [0, 0.1) is 5.41 Å². The average Bonchev–Trinajstić information content (AvgIpc) is 2.55. The van der Waals surface area contributed by atoms with Gasteiger partial charge in [0.05, 0.1) is 36.2 Å². The summed E-state index contributed by atoms with van der Waals surface area (Å²) in [6, 6.07) is 4.05. The first kappa shape index (κ1) is 11.0. The highest BCUT2D eigenvalue weighted by Crippen LogP contribution is 2.53. The molecule has 1 aromatic rings. The van der Waals surface area contributed by atoms with Gasteiger partial charge in [-0.25, -0.2) is 0 Å². The van der Waals surface area contributed by atoms with Crippen molar-refractivity contribution in [3.05, 3.63) is 21.3 Å². The molecule has 5 heteroatoms. The van der Waals surface area contributed by atoms with E-state index in [-0.39, 0.29) is 10.8 Å². The molecule has 2 fully saturated rings. The minimum absolute atomic E-state index is 0.0395. The molecule has 2 aliphatic rings. The van der Waals surface area contributed by atoms with Gasteiger partial charge < -0.3 is 15.2 Å². The van der Waals surface area contributed by atoms with Crippen molar-refractivity contribution in [2.75, 3.05) is 33.0 Å². The summed E-state index contributed by atoms with van der Waals surface area (Å²) in [5, 5.41) is 0. The van der Waals surface area contributed by atoms with Crippen LogP contribution in [0.25, 0.3) is 0 Å². The van der Waals surface area contributed by atoms with E-state index in [0.717, 1.165) is 30.8 Å². The van der Waals surface area contributed by atoms with Crippen molar-refractivity contribution < 1.29 is 9.47 Å². The summed E-state index contributed by atoms with van der Waals surface area (Å²) < 4.78 is 11.6. The third kappa shape index (κ3) is 1.25. The fraction of sp³-hybridized carbons (Fsp3) is 0.636. The molecule has 0 unspecified atom stereocenters. The van der Waals surface area contributed by atoms with Crippen LogP contribution in [0.2, 0.25) is 4.34 Å². The Hall–Kier alpha value is -0.130. The highest BCUT2D eigenvalue weighted by atomic mass is 35.5. The van der Waals surface area contributed by atoms with Crippen molar-refractivity contribution in [2.45, 2.75) is 5.41 Å². The van der Waals surface area contributed by atoms with Crippen molar-refractivity contribution in [2.24, 2.45) is 11.1 Å². The predicted molar refractivity (Wildman–Crippen MR) is 64.1 cm³/mol. The van der Waals surface area contributed by atoms with E-state index in [1.165, 1.54) is 4.88 Å². The lowest BCUT2D eigenvalue weighted by atomic mass is 9.59. The molecule has 88 valence electrons. The monoisotopic (exact) mass is 259 g/mol. The van der Waals surface area contributed by atoms with Crippen LogP contribution in [0.5, 0.6) is 0 Å². The molecule has 3 rings (SSSR count). The van der Waals surface area contributed by atoms with Crippen LogP contribution >= 0.6 is 22.9 Å². The van der Waals surface area contributed by atoms with Crippen LogP contribution < -0.4 is 5.73 Å². The molecule has 0 spiro atoms. The molecule has 0 amide bonds. The lowest BCUT2D eigenvalue weighted by Crippen LogP contribution is -2.69. The molecule has 3 heterocycles.